The third kappa shape index (κ3) is 5.92. The highest BCUT2D eigenvalue weighted by Crippen LogP contribution is 2.12. The van der Waals surface area contributed by atoms with E-state index in [0.717, 1.165) is 31.5 Å². The number of nitrogens with zero attached hydrogens (tertiary/aromatic N) is 2. The lowest BCUT2D eigenvalue weighted by Gasteiger charge is -2.35. The van der Waals surface area contributed by atoms with Crippen molar-refractivity contribution in [1.29, 1.82) is 0 Å². The van der Waals surface area contributed by atoms with Gasteiger partial charge in [0.2, 0.25) is 11.8 Å². The van der Waals surface area contributed by atoms with E-state index in [0.29, 0.717) is 19.0 Å². The molecule has 6 nitrogen and oxygen atoms in total. The molecule has 0 spiro atoms. The third-order valence-electron chi connectivity index (χ3n) is 4.27. The highest BCUT2D eigenvalue weighted by molar-refractivity contribution is 5.88. The van der Waals surface area contributed by atoms with Gasteiger partial charge >= 0.3 is 0 Å². The van der Waals surface area contributed by atoms with Gasteiger partial charge in [0.25, 0.3) is 0 Å². The van der Waals surface area contributed by atoms with Crippen LogP contribution in [0.25, 0.3) is 0 Å². The Labute approximate surface area is 144 Å². The van der Waals surface area contributed by atoms with Crippen LogP contribution in [0, 0.1) is 5.92 Å². The van der Waals surface area contributed by atoms with E-state index in [1.165, 1.54) is 0 Å². The summed E-state index contributed by atoms with van der Waals surface area (Å²) in [7, 11) is 0. The largest absolute Gasteiger partial charge is 0.356 e. The second-order valence-corrected chi connectivity index (χ2v) is 6.69. The number of aromatic nitrogens is 1. The Balaban J connectivity index is 1.79. The van der Waals surface area contributed by atoms with E-state index < -0.39 is 0 Å². The number of hydrogen-bond donors (Lipinski definition) is 2. The van der Waals surface area contributed by atoms with Crippen LogP contribution in [0.3, 0.4) is 0 Å². The summed E-state index contributed by atoms with van der Waals surface area (Å²) in [6.45, 7) is 7.24. The van der Waals surface area contributed by atoms with Gasteiger partial charge in [0, 0.05) is 32.0 Å². The minimum Gasteiger partial charge on any atom is -0.356 e. The first-order valence-electron chi connectivity index (χ1n) is 8.73. The SMILES string of the molecule is CC(C)CCN1CCNC(=O)C1CC(=O)NCCc1cccnc1. The molecule has 0 aliphatic carbocycles. The summed E-state index contributed by atoms with van der Waals surface area (Å²) in [5.74, 6) is 0.479. The molecule has 2 rings (SSSR count). The van der Waals surface area contributed by atoms with E-state index in [2.05, 4.69) is 34.4 Å². The summed E-state index contributed by atoms with van der Waals surface area (Å²) in [5.41, 5.74) is 1.09. The highest BCUT2D eigenvalue weighted by Gasteiger charge is 2.31. The summed E-state index contributed by atoms with van der Waals surface area (Å²) >= 11 is 0. The van der Waals surface area contributed by atoms with Gasteiger partial charge in [0.15, 0.2) is 0 Å². The number of carbonyl (C=O) groups is 2. The molecule has 1 aromatic rings. The molecule has 2 amide bonds. The summed E-state index contributed by atoms with van der Waals surface area (Å²) in [5, 5.41) is 5.78. The van der Waals surface area contributed by atoms with Gasteiger partial charge in [-0.2, -0.15) is 0 Å². The standard InChI is InChI=1S/C18H28N4O2/c1-14(2)6-10-22-11-9-21-18(24)16(22)12-17(23)20-8-5-15-4-3-7-19-13-15/h3-4,7,13-14,16H,5-6,8-12H2,1-2H3,(H,20,23)(H,21,24). The molecule has 1 aliphatic rings. The van der Waals surface area contributed by atoms with E-state index in [-0.39, 0.29) is 24.3 Å². The maximum Gasteiger partial charge on any atom is 0.237 e. The highest BCUT2D eigenvalue weighted by atomic mass is 16.2. The van der Waals surface area contributed by atoms with Gasteiger partial charge in [-0.3, -0.25) is 19.5 Å². The number of carbonyl (C=O) groups excluding carboxylic acids is 2. The van der Waals surface area contributed by atoms with E-state index in [4.69, 9.17) is 0 Å². The molecule has 0 aromatic carbocycles. The van der Waals surface area contributed by atoms with Crippen LogP contribution in [0.4, 0.5) is 0 Å². The third-order valence-corrected chi connectivity index (χ3v) is 4.27. The molecule has 0 saturated carbocycles. The monoisotopic (exact) mass is 332 g/mol. The zero-order valence-electron chi connectivity index (χ0n) is 14.6. The lowest BCUT2D eigenvalue weighted by Crippen LogP contribution is -2.56. The van der Waals surface area contributed by atoms with E-state index in [1.54, 1.807) is 12.4 Å². The first-order chi connectivity index (χ1) is 11.6. The maximum atomic E-state index is 12.2. The van der Waals surface area contributed by atoms with Crippen molar-refractivity contribution in [1.82, 2.24) is 20.5 Å². The van der Waals surface area contributed by atoms with Crippen LogP contribution >= 0.6 is 0 Å². The fourth-order valence-electron chi connectivity index (χ4n) is 2.82. The molecule has 1 aromatic heterocycles. The van der Waals surface area contributed by atoms with Gasteiger partial charge in [0.05, 0.1) is 12.5 Å². The van der Waals surface area contributed by atoms with Gasteiger partial charge in [-0.15, -0.1) is 0 Å². The Bertz CT molecular complexity index is 533. The quantitative estimate of drug-likeness (QED) is 0.744. The number of nitrogens with one attached hydrogen (secondary N) is 2. The Kier molecular flexibility index (Phi) is 7.18. The first-order valence-corrected chi connectivity index (χ1v) is 8.73. The van der Waals surface area contributed by atoms with Gasteiger partial charge in [-0.25, -0.2) is 0 Å². The molecular formula is C18H28N4O2. The number of amides is 2. The second kappa shape index (κ2) is 9.37. The molecular weight excluding hydrogens is 304 g/mol. The van der Waals surface area contributed by atoms with Gasteiger partial charge < -0.3 is 10.6 Å². The lowest BCUT2D eigenvalue weighted by molar-refractivity contribution is -0.134. The molecule has 0 bridgehead atoms. The molecule has 2 N–H and O–H groups in total. The fraction of sp³-hybridized carbons (Fsp3) is 0.611. The van der Waals surface area contributed by atoms with Gasteiger partial charge in [-0.05, 0) is 36.9 Å². The van der Waals surface area contributed by atoms with Crippen molar-refractivity contribution in [3.63, 3.8) is 0 Å². The maximum absolute atomic E-state index is 12.2. The Hall–Kier alpha value is -1.95. The molecule has 1 fully saturated rings. The van der Waals surface area contributed by atoms with Gasteiger partial charge in [-0.1, -0.05) is 19.9 Å². The van der Waals surface area contributed by atoms with Crippen LogP contribution < -0.4 is 10.6 Å². The second-order valence-electron chi connectivity index (χ2n) is 6.69. The van der Waals surface area contributed by atoms with Crippen molar-refractivity contribution in [2.24, 2.45) is 5.92 Å². The Morgan fingerprint density at radius 3 is 3.04 bits per heavy atom. The summed E-state index contributed by atoms with van der Waals surface area (Å²) in [4.78, 5) is 30.5. The fourth-order valence-corrected chi connectivity index (χ4v) is 2.82. The van der Waals surface area contributed by atoms with Crippen molar-refractivity contribution < 1.29 is 9.59 Å². The number of pyridine rings is 1. The van der Waals surface area contributed by atoms with Crippen LogP contribution in [0.5, 0.6) is 0 Å². The molecule has 1 saturated heterocycles. The predicted octanol–water partition coefficient (Wildman–Crippen LogP) is 0.977. The predicted molar refractivity (Wildman–Crippen MR) is 93.4 cm³/mol. The molecule has 2 heterocycles. The zero-order valence-corrected chi connectivity index (χ0v) is 14.6. The molecule has 6 heteroatoms. The van der Waals surface area contributed by atoms with Crippen LogP contribution in [0.2, 0.25) is 0 Å². The van der Waals surface area contributed by atoms with Crippen molar-refractivity contribution >= 4 is 11.8 Å². The van der Waals surface area contributed by atoms with Gasteiger partial charge in [0.1, 0.15) is 0 Å². The topological polar surface area (TPSA) is 74.3 Å². The molecule has 1 aliphatic heterocycles. The minimum absolute atomic E-state index is 0.0348. The van der Waals surface area contributed by atoms with E-state index in [1.807, 2.05) is 12.1 Å². The number of hydrogen-bond acceptors (Lipinski definition) is 4. The summed E-state index contributed by atoms with van der Waals surface area (Å²) < 4.78 is 0. The summed E-state index contributed by atoms with van der Waals surface area (Å²) in [6.07, 6.45) is 5.53. The zero-order chi connectivity index (χ0) is 17.4. The van der Waals surface area contributed by atoms with Crippen molar-refractivity contribution in [2.45, 2.75) is 39.2 Å². The molecule has 1 atom stereocenters. The van der Waals surface area contributed by atoms with Crippen molar-refractivity contribution in [2.75, 3.05) is 26.2 Å². The average Bonchev–Trinajstić information content (AvgIpc) is 2.56. The molecule has 0 radical (unpaired) electrons. The van der Waals surface area contributed by atoms with Crippen LogP contribution in [0.15, 0.2) is 24.5 Å². The van der Waals surface area contributed by atoms with Crippen LogP contribution in [0.1, 0.15) is 32.3 Å². The van der Waals surface area contributed by atoms with Crippen LogP contribution in [-0.2, 0) is 16.0 Å². The van der Waals surface area contributed by atoms with Crippen molar-refractivity contribution in [3.8, 4) is 0 Å². The number of rotatable bonds is 8. The van der Waals surface area contributed by atoms with Crippen LogP contribution in [-0.4, -0.2) is 53.9 Å². The molecule has 132 valence electrons. The normalized spacial score (nSPS) is 18.5. The summed E-state index contributed by atoms with van der Waals surface area (Å²) in [6, 6.07) is 3.52. The number of piperazine rings is 1. The Morgan fingerprint density at radius 1 is 1.50 bits per heavy atom. The average molecular weight is 332 g/mol. The lowest BCUT2D eigenvalue weighted by atomic mass is 10.1. The van der Waals surface area contributed by atoms with E-state index >= 15 is 0 Å². The molecule has 24 heavy (non-hydrogen) atoms. The Morgan fingerprint density at radius 2 is 2.33 bits per heavy atom. The van der Waals surface area contributed by atoms with Crippen molar-refractivity contribution in [3.05, 3.63) is 30.1 Å². The first kappa shape index (κ1) is 18.4. The molecule has 1 unspecified atom stereocenters. The minimum atomic E-state index is -0.351. The smallest absolute Gasteiger partial charge is 0.237 e. The van der Waals surface area contributed by atoms with E-state index in [9.17, 15) is 9.59 Å².